The number of hydrogen-bond donors (Lipinski definition) is 0. The lowest BCUT2D eigenvalue weighted by molar-refractivity contribution is 0.0734. The van der Waals surface area contributed by atoms with Crippen LogP contribution < -0.4 is 4.74 Å². The van der Waals surface area contributed by atoms with Crippen molar-refractivity contribution in [1.82, 2.24) is 4.31 Å². The van der Waals surface area contributed by atoms with Crippen molar-refractivity contribution in [1.29, 1.82) is 0 Å². The van der Waals surface area contributed by atoms with E-state index in [1.165, 1.54) is 35.5 Å². The van der Waals surface area contributed by atoms with Crippen LogP contribution in [0.5, 0.6) is 5.75 Å². The summed E-state index contributed by atoms with van der Waals surface area (Å²) in [6.45, 7) is 6.59. The molecule has 2 aromatic rings. The molecule has 7 heteroatoms. The minimum Gasteiger partial charge on any atom is -0.423 e. The molecule has 0 bridgehead atoms. The van der Waals surface area contributed by atoms with Gasteiger partial charge >= 0.3 is 5.97 Å². The predicted molar refractivity (Wildman–Crippen MR) is 110 cm³/mol. The Bertz CT molecular complexity index is 987. The third-order valence-corrected chi connectivity index (χ3v) is 6.88. The van der Waals surface area contributed by atoms with Gasteiger partial charge in [0.1, 0.15) is 5.75 Å². The molecule has 0 radical (unpaired) electrons. The van der Waals surface area contributed by atoms with Gasteiger partial charge in [0.05, 0.1) is 10.5 Å². The van der Waals surface area contributed by atoms with Crippen molar-refractivity contribution < 1.29 is 22.7 Å². The number of esters is 1. The van der Waals surface area contributed by atoms with Gasteiger partial charge in [-0.05, 0) is 73.7 Å². The van der Waals surface area contributed by atoms with Gasteiger partial charge in [-0.25, -0.2) is 13.2 Å². The van der Waals surface area contributed by atoms with E-state index in [1.807, 2.05) is 0 Å². The summed E-state index contributed by atoms with van der Waals surface area (Å²) in [5.41, 5.74) is 0.778. The van der Waals surface area contributed by atoms with Crippen LogP contribution in [-0.4, -0.2) is 37.6 Å². The van der Waals surface area contributed by atoms with Crippen molar-refractivity contribution in [3.05, 3.63) is 59.7 Å². The molecule has 1 aliphatic rings. The van der Waals surface area contributed by atoms with E-state index in [0.717, 1.165) is 6.42 Å². The first-order chi connectivity index (χ1) is 13.7. The molecule has 2 atom stereocenters. The van der Waals surface area contributed by atoms with Crippen molar-refractivity contribution in [3.8, 4) is 5.75 Å². The van der Waals surface area contributed by atoms with Crippen LogP contribution in [0.15, 0.2) is 53.4 Å². The molecule has 0 N–H and O–H groups in total. The lowest BCUT2D eigenvalue weighted by Gasteiger charge is -2.34. The van der Waals surface area contributed by atoms with Crippen LogP contribution in [0.4, 0.5) is 0 Å². The molecule has 3 rings (SSSR count). The van der Waals surface area contributed by atoms with Crippen molar-refractivity contribution in [3.63, 3.8) is 0 Å². The van der Waals surface area contributed by atoms with E-state index in [0.29, 0.717) is 36.2 Å². The number of nitrogens with zero attached hydrogens (tertiary/aromatic N) is 1. The number of hydrogen-bond acceptors (Lipinski definition) is 5. The Morgan fingerprint density at radius 1 is 0.897 bits per heavy atom. The first-order valence-corrected chi connectivity index (χ1v) is 11.0. The largest absolute Gasteiger partial charge is 0.423 e. The molecule has 29 heavy (non-hydrogen) atoms. The third-order valence-electron chi connectivity index (χ3n) is 5.03. The second-order valence-corrected chi connectivity index (χ2v) is 9.70. The number of ether oxygens (including phenoxy) is 1. The number of Topliss-reactive ketones (excluding diaryl/α,β-unsaturated/α-hetero) is 1. The molecule has 0 saturated carbocycles. The van der Waals surface area contributed by atoms with E-state index in [9.17, 15) is 18.0 Å². The van der Waals surface area contributed by atoms with Gasteiger partial charge in [-0.3, -0.25) is 4.79 Å². The molecule has 0 aromatic heterocycles. The molecule has 0 spiro atoms. The number of piperidine rings is 1. The highest BCUT2D eigenvalue weighted by Gasteiger charge is 2.31. The first-order valence-electron chi connectivity index (χ1n) is 9.60. The molecule has 0 amide bonds. The summed E-state index contributed by atoms with van der Waals surface area (Å²) in [7, 11) is -3.59. The summed E-state index contributed by atoms with van der Waals surface area (Å²) in [4.78, 5) is 23.8. The lowest BCUT2D eigenvalue weighted by atomic mass is 9.94. The number of ketones is 1. The smallest absolute Gasteiger partial charge is 0.343 e. The minimum atomic E-state index is -3.59. The zero-order chi connectivity index (χ0) is 21.2. The van der Waals surface area contributed by atoms with Gasteiger partial charge in [0, 0.05) is 18.7 Å². The highest BCUT2D eigenvalue weighted by Crippen LogP contribution is 2.27. The quantitative estimate of drug-likeness (QED) is 0.422. The number of carbonyl (C=O) groups excluding carboxylic acids is 2. The highest BCUT2D eigenvalue weighted by atomic mass is 32.2. The van der Waals surface area contributed by atoms with E-state index in [1.54, 1.807) is 24.3 Å². The second kappa shape index (κ2) is 8.47. The van der Waals surface area contributed by atoms with Crippen LogP contribution in [0, 0.1) is 11.8 Å². The van der Waals surface area contributed by atoms with Crippen LogP contribution in [0.25, 0.3) is 0 Å². The number of sulfonamides is 1. The molecule has 1 saturated heterocycles. The Hall–Kier alpha value is -2.51. The number of carbonyl (C=O) groups is 2. The summed E-state index contributed by atoms with van der Waals surface area (Å²) < 4.78 is 32.7. The van der Waals surface area contributed by atoms with Crippen molar-refractivity contribution in [2.45, 2.75) is 32.1 Å². The molecule has 0 unspecified atom stereocenters. The van der Waals surface area contributed by atoms with E-state index < -0.39 is 16.0 Å². The fourth-order valence-corrected chi connectivity index (χ4v) is 5.32. The Labute approximate surface area is 171 Å². The van der Waals surface area contributed by atoms with E-state index in [2.05, 4.69) is 13.8 Å². The molecule has 1 aliphatic heterocycles. The van der Waals surface area contributed by atoms with E-state index in [4.69, 9.17) is 4.74 Å². The van der Waals surface area contributed by atoms with Gasteiger partial charge in [0.2, 0.25) is 10.0 Å². The Morgan fingerprint density at radius 3 is 1.93 bits per heavy atom. The highest BCUT2D eigenvalue weighted by molar-refractivity contribution is 7.89. The van der Waals surface area contributed by atoms with E-state index >= 15 is 0 Å². The second-order valence-electron chi connectivity index (χ2n) is 7.76. The van der Waals surface area contributed by atoms with Gasteiger partial charge in [-0.1, -0.05) is 13.8 Å². The van der Waals surface area contributed by atoms with Crippen LogP contribution in [0.2, 0.25) is 0 Å². The number of benzene rings is 2. The molecule has 0 aliphatic carbocycles. The third kappa shape index (κ3) is 4.92. The van der Waals surface area contributed by atoms with Gasteiger partial charge in [-0.2, -0.15) is 4.31 Å². The summed E-state index contributed by atoms with van der Waals surface area (Å²) in [6.07, 6.45) is 1.02. The zero-order valence-electron chi connectivity index (χ0n) is 16.8. The standard InChI is InChI=1S/C22H25NO5S/c1-15-12-16(2)14-23(13-15)29(26,27)21-10-6-19(7-11-21)22(25)28-20-8-4-18(5-9-20)17(3)24/h4-11,15-16H,12-14H2,1-3H3/t15-,16-/m0/s1. The van der Waals surface area contributed by atoms with E-state index in [-0.39, 0.29) is 16.2 Å². The average molecular weight is 416 g/mol. The average Bonchev–Trinajstić information content (AvgIpc) is 2.67. The van der Waals surface area contributed by atoms with Crippen LogP contribution >= 0.6 is 0 Å². The Morgan fingerprint density at radius 2 is 1.41 bits per heavy atom. The maximum absolute atomic E-state index is 12.9. The topological polar surface area (TPSA) is 80.8 Å². The normalized spacial score (nSPS) is 20.2. The molecule has 6 nitrogen and oxygen atoms in total. The zero-order valence-corrected chi connectivity index (χ0v) is 17.6. The fraction of sp³-hybridized carbons (Fsp3) is 0.364. The molecule has 1 fully saturated rings. The molecule has 154 valence electrons. The van der Waals surface area contributed by atoms with Gasteiger partial charge in [0.15, 0.2) is 5.78 Å². The maximum Gasteiger partial charge on any atom is 0.343 e. The SMILES string of the molecule is CC(=O)c1ccc(OC(=O)c2ccc(S(=O)(=O)N3C[C@@H](C)C[C@H](C)C3)cc2)cc1. The number of rotatable bonds is 5. The Balaban J connectivity index is 1.72. The predicted octanol–water partition coefficient (Wildman–Crippen LogP) is 3.78. The van der Waals surface area contributed by atoms with Crippen molar-refractivity contribution >= 4 is 21.8 Å². The molecular formula is C22H25NO5S. The summed E-state index contributed by atoms with van der Waals surface area (Å²) in [6, 6.07) is 12.1. The van der Waals surface area contributed by atoms with Crippen LogP contribution in [-0.2, 0) is 10.0 Å². The maximum atomic E-state index is 12.9. The van der Waals surface area contributed by atoms with Crippen LogP contribution in [0.1, 0.15) is 47.9 Å². The first kappa shape index (κ1) is 21.2. The summed E-state index contributed by atoms with van der Waals surface area (Å²) >= 11 is 0. The fourth-order valence-electron chi connectivity index (χ4n) is 3.64. The van der Waals surface area contributed by atoms with Crippen molar-refractivity contribution in [2.24, 2.45) is 11.8 Å². The monoisotopic (exact) mass is 415 g/mol. The molecule has 1 heterocycles. The van der Waals surface area contributed by atoms with Gasteiger partial charge in [-0.15, -0.1) is 0 Å². The Kier molecular flexibility index (Phi) is 6.19. The van der Waals surface area contributed by atoms with Crippen LogP contribution in [0.3, 0.4) is 0 Å². The molecular weight excluding hydrogens is 390 g/mol. The lowest BCUT2D eigenvalue weighted by Crippen LogP contribution is -2.42. The van der Waals surface area contributed by atoms with Gasteiger partial charge < -0.3 is 4.74 Å². The minimum absolute atomic E-state index is 0.0721. The van der Waals surface area contributed by atoms with Crippen molar-refractivity contribution in [2.75, 3.05) is 13.1 Å². The summed E-state index contributed by atoms with van der Waals surface area (Å²) in [5, 5.41) is 0. The summed E-state index contributed by atoms with van der Waals surface area (Å²) in [5.74, 6) is 0.282. The van der Waals surface area contributed by atoms with Gasteiger partial charge in [0.25, 0.3) is 0 Å². The molecule has 2 aromatic carbocycles.